The van der Waals surface area contributed by atoms with Crippen LogP contribution < -0.4 is 10.1 Å². The molecule has 1 aromatic rings. The molecule has 1 heterocycles. The zero-order chi connectivity index (χ0) is 12.3. The van der Waals surface area contributed by atoms with E-state index in [0.717, 1.165) is 23.2 Å². The van der Waals surface area contributed by atoms with E-state index in [2.05, 4.69) is 22.3 Å². The second kappa shape index (κ2) is 5.60. The normalized spacial score (nSPS) is 19.2. The second-order valence-electron chi connectivity index (χ2n) is 3.74. The molecule has 0 saturated carbocycles. The molecule has 1 unspecified atom stereocenters. The van der Waals surface area contributed by atoms with Crippen LogP contribution in [0.3, 0.4) is 0 Å². The monoisotopic (exact) mass is 268 g/mol. The number of hydrogen-bond acceptors (Lipinski definition) is 3. The molecule has 1 fully saturated rings. The first-order chi connectivity index (χ1) is 8.26. The van der Waals surface area contributed by atoms with Gasteiger partial charge in [-0.1, -0.05) is 12.1 Å². The lowest BCUT2D eigenvalue weighted by atomic mass is 10.2. The third-order valence-electron chi connectivity index (χ3n) is 2.77. The molecule has 0 amide bonds. The van der Waals surface area contributed by atoms with Gasteiger partial charge in [-0.25, -0.2) is 0 Å². The van der Waals surface area contributed by atoms with E-state index in [9.17, 15) is 0 Å². The second-order valence-corrected chi connectivity index (χ2v) is 5.32. The summed E-state index contributed by atoms with van der Waals surface area (Å²) in [5, 5.41) is 4.18. The van der Waals surface area contributed by atoms with Crippen molar-refractivity contribution in [2.24, 2.45) is 0 Å². The number of benzene rings is 1. The van der Waals surface area contributed by atoms with Crippen molar-refractivity contribution in [3.8, 4) is 5.75 Å². The van der Waals surface area contributed by atoms with Crippen LogP contribution >= 0.6 is 24.0 Å². The van der Waals surface area contributed by atoms with Gasteiger partial charge in [0, 0.05) is 19.3 Å². The molecule has 0 spiro atoms. The fourth-order valence-corrected chi connectivity index (χ4v) is 3.40. The van der Waals surface area contributed by atoms with Gasteiger partial charge in [0.15, 0.2) is 5.11 Å². The van der Waals surface area contributed by atoms with Crippen molar-refractivity contribution in [3.05, 3.63) is 29.8 Å². The lowest BCUT2D eigenvalue weighted by Gasteiger charge is -2.26. The van der Waals surface area contributed by atoms with Gasteiger partial charge in [0.1, 0.15) is 11.1 Å². The quantitative estimate of drug-likeness (QED) is 0.829. The van der Waals surface area contributed by atoms with Gasteiger partial charge < -0.3 is 15.0 Å². The highest BCUT2D eigenvalue weighted by atomic mass is 32.2. The smallest absolute Gasteiger partial charge is 0.169 e. The Hall–Kier alpha value is -0.940. The van der Waals surface area contributed by atoms with Crippen molar-refractivity contribution in [2.45, 2.75) is 5.37 Å². The predicted molar refractivity (Wildman–Crippen MR) is 76.6 cm³/mol. The summed E-state index contributed by atoms with van der Waals surface area (Å²) in [5.74, 6) is 2.00. The molecule has 0 aromatic heterocycles. The first-order valence-corrected chi connectivity index (χ1v) is 6.96. The van der Waals surface area contributed by atoms with Crippen LogP contribution in [0.4, 0.5) is 0 Å². The van der Waals surface area contributed by atoms with E-state index >= 15 is 0 Å². The molecule has 0 radical (unpaired) electrons. The lowest BCUT2D eigenvalue weighted by Crippen LogP contribution is -2.37. The number of nitrogens with zero attached hydrogens (tertiary/aromatic N) is 1. The summed E-state index contributed by atoms with van der Waals surface area (Å²) < 4.78 is 5.17. The lowest BCUT2D eigenvalue weighted by molar-refractivity contribution is 0.413. The van der Waals surface area contributed by atoms with Gasteiger partial charge in [-0.05, 0) is 29.9 Å². The molecule has 17 heavy (non-hydrogen) atoms. The van der Waals surface area contributed by atoms with Crippen LogP contribution in [-0.2, 0) is 0 Å². The van der Waals surface area contributed by atoms with Crippen LogP contribution in [0, 0.1) is 0 Å². The SMILES string of the molecule is CNC(=S)N1CCSC1c1ccc(OC)cc1. The van der Waals surface area contributed by atoms with E-state index < -0.39 is 0 Å². The van der Waals surface area contributed by atoms with Crippen LogP contribution in [0.15, 0.2) is 24.3 Å². The van der Waals surface area contributed by atoms with Crippen molar-refractivity contribution in [1.82, 2.24) is 10.2 Å². The van der Waals surface area contributed by atoms with Gasteiger partial charge in [-0.15, -0.1) is 11.8 Å². The Bertz CT molecular complexity index is 394. The summed E-state index contributed by atoms with van der Waals surface area (Å²) in [6.07, 6.45) is 0. The van der Waals surface area contributed by atoms with E-state index in [1.807, 2.05) is 30.9 Å². The Balaban J connectivity index is 2.17. The molecule has 5 heteroatoms. The molecule has 3 nitrogen and oxygen atoms in total. The fraction of sp³-hybridized carbons (Fsp3) is 0.417. The third-order valence-corrected chi connectivity index (χ3v) is 4.47. The molecule has 0 aliphatic carbocycles. The highest BCUT2D eigenvalue weighted by Gasteiger charge is 2.27. The molecule has 1 aromatic carbocycles. The summed E-state index contributed by atoms with van der Waals surface area (Å²) >= 11 is 7.24. The minimum absolute atomic E-state index is 0.320. The number of rotatable bonds is 2. The minimum Gasteiger partial charge on any atom is -0.497 e. The summed E-state index contributed by atoms with van der Waals surface area (Å²) in [6, 6.07) is 8.20. The molecule has 1 saturated heterocycles. The molecule has 0 bridgehead atoms. The Morgan fingerprint density at radius 2 is 2.18 bits per heavy atom. The van der Waals surface area contributed by atoms with Gasteiger partial charge in [-0.2, -0.15) is 0 Å². The van der Waals surface area contributed by atoms with Crippen LogP contribution in [0.1, 0.15) is 10.9 Å². The number of thiocarbonyl (C=S) groups is 1. The zero-order valence-electron chi connectivity index (χ0n) is 9.97. The molecule has 1 aliphatic heterocycles. The third kappa shape index (κ3) is 2.66. The number of hydrogen-bond donors (Lipinski definition) is 1. The molecular formula is C12H16N2OS2. The first kappa shape index (κ1) is 12.5. The first-order valence-electron chi connectivity index (χ1n) is 5.50. The molecule has 1 atom stereocenters. The summed E-state index contributed by atoms with van der Waals surface area (Å²) in [6.45, 7) is 1.00. The van der Waals surface area contributed by atoms with Gasteiger partial charge in [-0.3, -0.25) is 0 Å². The van der Waals surface area contributed by atoms with Crippen molar-refractivity contribution in [3.63, 3.8) is 0 Å². The molecular weight excluding hydrogens is 252 g/mol. The average Bonchev–Trinajstić information content (AvgIpc) is 2.87. The maximum Gasteiger partial charge on any atom is 0.169 e. The Kier molecular flexibility index (Phi) is 4.12. The van der Waals surface area contributed by atoms with Crippen molar-refractivity contribution < 1.29 is 4.74 Å². The Morgan fingerprint density at radius 1 is 1.47 bits per heavy atom. The van der Waals surface area contributed by atoms with Gasteiger partial charge >= 0.3 is 0 Å². The highest BCUT2D eigenvalue weighted by Crippen LogP contribution is 2.38. The summed E-state index contributed by atoms with van der Waals surface area (Å²) in [4.78, 5) is 2.22. The number of nitrogens with one attached hydrogen (secondary N) is 1. The highest BCUT2D eigenvalue weighted by molar-refractivity contribution is 7.99. The largest absolute Gasteiger partial charge is 0.497 e. The van der Waals surface area contributed by atoms with Crippen molar-refractivity contribution >= 4 is 29.1 Å². The predicted octanol–water partition coefficient (Wildman–Crippen LogP) is 2.25. The fourth-order valence-electron chi connectivity index (χ4n) is 1.87. The zero-order valence-corrected chi connectivity index (χ0v) is 11.6. The van der Waals surface area contributed by atoms with E-state index in [1.54, 1.807) is 7.11 Å². The van der Waals surface area contributed by atoms with Gasteiger partial charge in [0.2, 0.25) is 0 Å². The van der Waals surface area contributed by atoms with Crippen LogP contribution in [0.2, 0.25) is 0 Å². The van der Waals surface area contributed by atoms with E-state index in [1.165, 1.54) is 5.56 Å². The van der Waals surface area contributed by atoms with Gasteiger partial charge in [0.05, 0.1) is 7.11 Å². The Morgan fingerprint density at radius 3 is 2.76 bits per heavy atom. The van der Waals surface area contributed by atoms with E-state index in [4.69, 9.17) is 17.0 Å². The summed E-state index contributed by atoms with van der Waals surface area (Å²) in [7, 11) is 3.55. The van der Waals surface area contributed by atoms with Crippen LogP contribution in [-0.4, -0.2) is 36.5 Å². The summed E-state index contributed by atoms with van der Waals surface area (Å²) in [5.41, 5.74) is 1.27. The van der Waals surface area contributed by atoms with Crippen LogP contribution in [0.25, 0.3) is 0 Å². The molecule has 2 rings (SSSR count). The number of methoxy groups -OCH3 is 1. The van der Waals surface area contributed by atoms with Crippen molar-refractivity contribution in [1.29, 1.82) is 0 Å². The van der Waals surface area contributed by atoms with E-state index in [-0.39, 0.29) is 0 Å². The molecule has 1 N–H and O–H groups in total. The van der Waals surface area contributed by atoms with Crippen LogP contribution in [0.5, 0.6) is 5.75 Å². The van der Waals surface area contributed by atoms with Gasteiger partial charge in [0.25, 0.3) is 0 Å². The maximum atomic E-state index is 5.32. The molecule has 1 aliphatic rings. The number of thioether (sulfide) groups is 1. The standard InChI is InChI=1S/C12H16N2OS2/c1-13-12(16)14-7-8-17-11(14)9-3-5-10(15-2)6-4-9/h3-6,11H,7-8H2,1-2H3,(H,13,16). The number of ether oxygens (including phenoxy) is 1. The average molecular weight is 268 g/mol. The van der Waals surface area contributed by atoms with Crippen molar-refractivity contribution in [2.75, 3.05) is 26.5 Å². The maximum absolute atomic E-state index is 5.32. The molecule has 92 valence electrons. The minimum atomic E-state index is 0.320. The topological polar surface area (TPSA) is 24.5 Å². The van der Waals surface area contributed by atoms with E-state index in [0.29, 0.717) is 5.37 Å². The Labute approximate surface area is 112 Å².